The minimum Gasteiger partial charge on any atom is -0.399 e. The van der Waals surface area contributed by atoms with E-state index in [4.69, 9.17) is 5.73 Å². The van der Waals surface area contributed by atoms with Crippen LogP contribution in [0.4, 0.5) is 11.4 Å². The zero-order valence-electron chi connectivity index (χ0n) is 10.7. The molecule has 0 radical (unpaired) electrons. The fourth-order valence-corrected chi connectivity index (χ4v) is 2.89. The fourth-order valence-electron chi connectivity index (χ4n) is 1.75. The zero-order valence-corrected chi connectivity index (χ0v) is 13.9. The molecule has 0 fully saturated rings. The number of benzene rings is 2. The normalized spacial score (nSPS) is 10.3. The molecule has 2 rings (SSSR count). The molecule has 2 aromatic carbocycles. The lowest BCUT2D eigenvalue weighted by molar-refractivity contribution is -0.116. The maximum absolute atomic E-state index is 11.9. The van der Waals surface area contributed by atoms with Gasteiger partial charge in [-0.25, -0.2) is 0 Å². The first-order chi connectivity index (χ1) is 9.54. The van der Waals surface area contributed by atoms with Crippen molar-refractivity contribution in [3.63, 3.8) is 0 Å². The summed E-state index contributed by atoms with van der Waals surface area (Å²) in [6.07, 6.45) is 1.13. The molecule has 0 saturated carbocycles. The molecule has 0 aliphatic heterocycles. The summed E-state index contributed by atoms with van der Waals surface area (Å²) in [5, 5.41) is 2.89. The average Bonchev–Trinajstić information content (AvgIpc) is 2.41. The second-order valence-electron chi connectivity index (χ2n) is 4.41. The van der Waals surface area contributed by atoms with Crippen LogP contribution in [-0.2, 0) is 11.2 Å². The molecule has 5 heteroatoms. The highest BCUT2D eigenvalue weighted by atomic mass is 79.9. The minimum absolute atomic E-state index is 0.00940. The van der Waals surface area contributed by atoms with Crippen LogP contribution in [0.1, 0.15) is 12.0 Å². The maximum Gasteiger partial charge on any atom is 0.224 e. The standard InChI is InChI=1S/C15H14Br2N2O/c16-11-4-7-14(13(17)9-11)19-15(20)8-3-10-1-5-12(18)6-2-10/h1-2,4-7,9H,3,8,18H2,(H,19,20). The number of nitrogens with two attached hydrogens (primary N) is 1. The Hall–Kier alpha value is -1.33. The van der Waals surface area contributed by atoms with Gasteiger partial charge in [0.25, 0.3) is 0 Å². The first-order valence-electron chi connectivity index (χ1n) is 6.14. The van der Waals surface area contributed by atoms with Crippen molar-refractivity contribution in [2.75, 3.05) is 11.1 Å². The Bertz CT molecular complexity index is 612. The second-order valence-corrected chi connectivity index (χ2v) is 6.18. The Morgan fingerprint density at radius 3 is 2.45 bits per heavy atom. The van der Waals surface area contributed by atoms with E-state index in [1.54, 1.807) is 0 Å². The molecule has 3 N–H and O–H groups in total. The van der Waals surface area contributed by atoms with Crippen LogP contribution >= 0.6 is 31.9 Å². The first-order valence-corrected chi connectivity index (χ1v) is 7.72. The summed E-state index contributed by atoms with van der Waals surface area (Å²) in [7, 11) is 0. The Morgan fingerprint density at radius 2 is 1.80 bits per heavy atom. The predicted octanol–water partition coefficient (Wildman–Crippen LogP) is 4.37. The minimum atomic E-state index is -0.00940. The number of rotatable bonds is 4. The third-order valence-corrected chi connectivity index (χ3v) is 3.98. The monoisotopic (exact) mass is 396 g/mol. The summed E-state index contributed by atoms with van der Waals surface area (Å²) in [4.78, 5) is 11.9. The second kappa shape index (κ2) is 6.90. The predicted molar refractivity (Wildman–Crippen MR) is 89.6 cm³/mol. The number of aryl methyl sites for hydroxylation is 1. The number of amides is 1. The maximum atomic E-state index is 11.9. The van der Waals surface area contributed by atoms with E-state index in [0.29, 0.717) is 12.8 Å². The molecule has 0 atom stereocenters. The fraction of sp³-hybridized carbons (Fsp3) is 0.133. The van der Waals surface area contributed by atoms with Gasteiger partial charge in [-0.2, -0.15) is 0 Å². The number of hydrogen-bond donors (Lipinski definition) is 2. The summed E-state index contributed by atoms with van der Waals surface area (Å²) in [6.45, 7) is 0. The number of halogens is 2. The van der Waals surface area contributed by atoms with Gasteiger partial charge in [0.2, 0.25) is 5.91 Å². The number of anilines is 2. The van der Waals surface area contributed by atoms with Crippen molar-refractivity contribution in [2.45, 2.75) is 12.8 Å². The van der Waals surface area contributed by atoms with E-state index < -0.39 is 0 Å². The zero-order chi connectivity index (χ0) is 14.5. The van der Waals surface area contributed by atoms with E-state index in [0.717, 1.165) is 25.9 Å². The third-order valence-electron chi connectivity index (χ3n) is 2.83. The van der Waals surface area contributed by atoms with Crippen LogP contribution in [0.3, 0.4) is 0 Å². The topological polar surface area (TPSA) is 55.1 Å². The lowest BCUT2D eigenvalue weighted by Crippen LogP contribution is -2.12. The summed E-state index contributed by atoms with van der Waals surface area (Å²) >= 11 is 6.80. The largest absolute Gasteiger partial charge is 0.399 e. The Kier molecular flexibility index (Phi) is 5.20. The number of nitrogen functional groups attached to an aromatic ring is 1. The van der Waals surface area contributed by atoms with E-state index >= 15 is 0 Å². The van der Waals surface area contributed by atoms with E-state index in [9.17, 15) is 4.79 Å². The average molecular weight is 398 g/mol. The first kappa shape index (κ1) is 15.1. The third kappa shape index (κ3) is 4.35. The van der Waals surface area contributed by atoms with Gasteiger partial charge in [-0.05, 0) is 58.2 Å². The Labute approximate surface area is 134 Å². The molecular weight excluding hydrogens is 384 g/mol. The van der Waals surface area contributed by atoms with Crippen LogP contribution < -0.4 is 11.1 Å². The summed E-state index contributed by atoms with van der Waals surface area (Å²) in [5.74, 6) is -0.00940. The molecule has 0 spiro atoms. The molecule has 2 aromatic rings. The molecule has 0 bridgehead atoms. The van der Waals surface area contributed by atoms with E-state index in [1.165, 1.54) is 0 Å². The van der Waals surface area contributed by atoms with Gasteiger partial charge in [-0.1, -0.05) is 28.1 Å². The molecule has 20 heavy (non-hydrogen) atoms. The van der Waals surface area contributed by atoms with Crippen LogP contribution in [0, 0.1) is 0 Å². The van der Waals surface area contributed by atoms with Crippen molar-refractivity contribution in [3.05, 3.63) is 57.0 Å². The van der Waals surface area contributed by atoms with Gasteiger partial charge < -0.3 is 11.1 Å². The lowest BCUT2D eigenvalue weighted by atomic mass is 10.1. The van der Waals surface area contributed by atoms with Gasteiger partial charge in [0, 0.05) is 21.1 Å². The number of hydrogen-bond acceptors (Lipinski definition) is 2. The van der Waals surface area contributed by atoms with E-state index in [-0.39, 0.29) is 5.91 Å². The van der Waals surface area contributed by atoms with Gasteiger partial charge in [0.15, 0.2) is 0 Å². The molecule has 0 heterocycles. The van der Waals surface area contributed by atoms with Crippen molar-refractivity contribution in [1.29, 1.82) is 0 Å². The van der Waals surface area contributed by atoms with Crippen molar-refractivity contribution < 1.29 is 4.79 Å². The molecule has 0 saturated heterocycles. The molecule has 0 aliphatic rings. The van der Waals surface area contributed by atoms with Crippen molar-refractivity contribution >= 4 is 49.1 Å². The van der Waals surface area contributed by atoms with Gasteiger partial charge >= 0.3 is 0 Å². The van der Waals surface area contributed by atoms with Gasteiger partial charge in [-0.3, -0.25) is 4.79 Å². The summed E-state index contributed by atoms with van der Waals surface area (Å²) in [6, 6.07) is 13.2. The lowest BCUT2D eigenvalue weighted by Gasteiger charge is -2.08. The number of carbonyl (C=O) groups excluding carboxylic acids is 1. The molecule has 1 amide bonds. The SMILES string of the molecule is Nc1ccc(CCC(=O)Nc2ccc(Br)cc2Br)cc1. The smallest absolute Gasteiger partial charge is 0.224 e. The Balaban J connectivity index is 1.90. The molecule has 3 nitrogen and oxygen atoms in total. The highest BCUT2D eigenvalue weighted by Crippen LogP contribution is 2.26. The van der Waals surface area contributed by atoms with Crippen LogP contribution in [0.5, 0.6) is 0 Å². The number of nitrogens with one attached hydrogen (secondary N) is 1. The van der Waals surface area contributed by atoms with E-state index in [2.05, 4.69) is 37.2 Å². The van der Waals surface area contributed by atoms with Gasteiger partial charge in [-0.15, -0.1) is 0 Å². The van der Waals surface area contributed by atoms with Crippen LogP contribution in [-0.4, -0.2) is 5.91 Å². The number of carbonyl (C=O) groups is 1. The molecular formula is C15H14Br2N2O. The van der Waals surface area contributed by atoms with E-state index in [1.807, 2.05) is 42.5 Å². The van der Waals surface area contributed by atoms with Gasteiger partial charge in [0.1, 0.15) is 0 Å². The highest BCUT2D eigenvalue weighted by Gasteiger charge is 2.06. The van der Waals surface area contributed by atoms with Crippen molar-refractivity contribution in [1.82, 2.24) is 0 Å². The highest BCUT2D eigenvalue weighted by molar-refractivity contribution is 9.11. The van der Waals surface area contributed by atoms with Crippen LogP contribution in [0.25, 0.3) is 0 Å². The summed E-state index contributed by atoms with van der Waals surface area (Å²) in [5.41, 5.74) is 8.23. The molecule has 0 aromatic heterocycles. The quantitative estimate of drug-likeness (QED) is 0.752. The molecule has 0 unspecified atom stereocenters. The Morgan fingerprint density at radius 1 is 1.10 bits per heavy atom. The van der Waals surface area contributed by atoms with Crippen LogP contribution in [0.15, 0.2) is 51.4 Å². The van der Waals surface area contributed by atoms with Crippen molar-refractivity contribution in [2.24, 2.45) is 0 Å². The summed E-state index contributed by atoms with van der Waals surface area (Å²) < 4.78 is 1.82. The van der Waals surface area contributed by atoms with Crippen LogP contribution in [0.2, 0.25) is 0 Å². The molecule has 0 aliphatic carbocycles. The van der Waals surface area contributed by atoms with Crippen molar-refractivity contribution in [3.8, 4) is 0 Å². The molecule has 104 valence electrons. The van der Waals surface area contributed by atoms with Gasteiger partial charge in [0.05, 0.1) is 5.69 Å².